The summed E-state index contributed by atoms with van der Waals surface area (Å²) in [6.07, 6.45) is 5.78. The van der Waals surface area contributed by atoms with Crippen molar-refractivity contribution in [3.63, 3.8) is 0 Å². The molecule has 1 fully saturated rings. The smallest absolute Gasteiger partial charge is 0.0545 e. The van der Waals surface area contributed by atoms with Crippen molar-refractivity contribution in [3.8, 4) is 0 Å². The minimum atomic E-state index is -0.0180. The first-order valence-electron chi connectivity index (χ1n) is 5.30. The van der Waals surface area contributed by atoms with E-state index in [0.717, 1.165) is 18.8 Å². The lowest BCUT2D eigenvalue weighted by Gasteiger charge is -2.32. The van der Waals surface area contributed by atoms with Gasteiger partial charge in [-0.05, 0) is 30.6 Å². The molecule has 0 aromatic carbocycles. The van der Waals surface area contributed by atoms with Crippen LogP contribution in [-0.2, 0) is 0 Å². The number of aliphatic hydroxyl groups excluding tert-OH is 1. The first-order valence-corrected chi connectivity index (χ1v) is 5.30. The highest BCUT2D eigenvalue weighted by Gasteiger charge is 2.38. The summed E-state index contributed by atoms with van der Waals surface area (Å²) in [5.74, 6) is 0.814. The van der Waals surface area contributed by atoms with Gasteiger partial charge in [0.25, 0.3) is 0 Å². The topological polar surface area (TPSA) is 20.2 Å². The van der Waals surface area contributed by atoms with Crippen LogP contribution >= 0.6 is 0 Å². The molecule has 1 rings (SSSR count). The van der Waals surface area contributed by atoms with Gasteiger partial charge in [0.1, 0.15) is 0 Å². The minimum Gasteiger partial charge on any atom is -0.393 e. The molecule has 2 unspecified atom stereocenters. The standard InChI is InChI=1S/C11H22O/c1-4-9(5-2)11(3)7-6-10(12)8-11/h9-10,12H,4-8H2,1-3H3. The van der Waals surface area contributed by atoms with Gasteiger partial charge in [0.2, 0.25) is 0 Å². The third kappa shape index (κ3) is 1.82. The first kappa shape index (κ1) is 10.0. The van der Waals surface area contributed by atoms with Crippen LogP contribution in [0.4, 0.5) is 0 Å². The zero-order valence-corrected chi connectivity index (χ0v) is 8.64. The fourth-order valence-corrected chi connectivity index (χ4v) is 2.88. The zero-order valence-electron chi connectivity index (χ0n) is 8.64. The molecule has 1 heteroatoms. The lowest BCUT2D eigenvalue weighted by molar-refractivity contribution is 0.127. The number of hydrogen-bond donors (Lipinski definition) is 1. The average Bonchev–Trinajstić information content (AvgIpc) is 2.34. The van der Waals surface area contributed by atoms with E-state index in [4.69, 9.17) is 0 Å². The van der Waals surface area contributed by atoms with Crippen LogP contribution in [0.25, 0.3) is 0 Å². The average molecular weight is 170 g/mol. The van der Waals surface area contributed by atoms with Crippen molar-refractivity contribution in [2.24, 2.45) is 11.3 Å². The Bertz CT molecular complexity index is 140. The van der Waals surface area contributed by atoms with Gasteiger partial charge in [-0.3, -0.25) is 0 Å². The molecule has 1 aliphatic rings. The lowest BCUT2D eigenvalue weighted by atomic mass is 9.73. The van der Waals surface area contributed by atoms with E-state index in [1.165, 1.54) is 19.3 Å². The summed E-state index contributed by atoms with van der Waals surface area (Å²) in [4.78, 5) is 0. The summed E-state index contributed by atoms with van der Waals surface area (Å²) in [5, 5.41) is 9.50. The van der Waals surface area contributed by atoms with Crippen LogP contribution in [0, 0.1) is 11.3 Å². The predicted octanol–water partition coefficient (Wildman–Crippen LogP) is 2.97. The molecule has 1 aliphatic carbocycles. The fraction of sp³-hybridized carbons (Fsp3) is 1.00. The number of hydrogen-bond acceptors (Lipinski definition) is 1. The van der Waals surface area contributed by atoms with Gasteiger partial charge in [-0.1, -0.05) is 33.6 Å². The van der Waals surface area contributed by atoms with E-state index in [0.29, 0.717) is 5.41 Å². The van der Waals surface area contributed by atoms with Crippen LogP contribution in [0.2, 0.25) is 0 Å². The molecular weight excluding hydrogens is 148 g/mol. The first-order chi connectivity index (χ1) is 5.62. The summed E-state index contributed by atoms with van der Waals surface area (Å²) in [5.41, 5.74) is 0.433. The van der Waals surface area contributed by atoms with Crippen molar-refractivity contribution in [1.82, 2.24) is 0 Å². The van der Waals surface area contributed by atoms with Crippen molar-refractivity contribution in [1.29, 1.82) is 0 Å². The van der Waals surface area contributed by atoms with E-state index in [-0.39, 0.29) is 6.10 Å². The van der Waals surface area contributed by atoms with E-state index >= 15 is 0 Å². The molecule has 12 heavy (non-hydrogen) atoms. The molecule has 0 radical (unpaired) electrons. The highest BCUT2D eigenvalue weighted by molar-refractivity contribution is 4.89. The zero-order chi connectivity index (χ0) is 9.19. The Hall–Kier alpha value is -0.0400. The van der Waals surface area contributed by atoms with E-state index in [1.54, 1.807) is 0 Å². The molecule has 0 saturated heterocycles. The van der Waals surface area contributed by atoms with Gasteiger partial charge in [0, 0.05) is 0 Å². The lowest BCUT2D eigenvalue weighted by Crippen LogP contribution is -2.24. The summed E-state index contributed by atoms with van der Waals surface area (Å²) in [6.45, 7) is 6.88. The van der Waals surface area contributed by atoms with Crippen LogP contribution < -0.4 is 0 Å². The largest absolute Gasteiger partial charge is 0.393 e. The number of aliphatic hydroxyl groups is 1. The van der Waals surface area contributed by atoms with Crippen LogP contribution in [0.3, 0.4) is 0 Å². The Kier molecular flexibility index (Phi) is 3.16. The van der Waals surface area contributed by atoms with Gasteiger partial charge >= 0.3 is 0 Å². The molecule has 1 saturated carbocycles. The minimum absolute atomic E-state index is 0.0180. The molecule has 1 nitrogen and oxygen atoms in total. The summed E-state index contributed by atoms with van der Waals surface area (Å²) >= 11 is 0. The fourth-order valence-electron chi connectivity index (χ4n) is 2.88. The molecule has 0 aliphatic heterocycles. The Labute approximate surface area is 76.2 Å². The molecule has 0 heterocycles. The van der Waals surface area contributed by atoms with Gasteiger partial charge in [-0.15, -0.1) is 0 Å². The monoisotopic (exact) mass is 170 g/mol. The quantitative estimate of drug-likeness (QED) is 0.690. The second kappa shape index (κ2) is 3.78. The molecule has 0 spiro atoms. The molecule has 0 aromatic heterocycles. The maximum atomic E-state index is 9.50. The summed E-state index contributed by atoms with van der Waals surface area (Å²) < 4.78 is 0. The SMILES string of the molecule is CCC(CC)C1(C)CCC(O)C1. The molecular formula is C11H22O. The van der Waals surface area contributed by atoms with Gasteiger partial charge in [-0.2, -0.15) is 0 Å². The van der Waals surface area contributed by atoms with Crippen molar-refractivity contribution in [2.45, 2.75) is 59.0 Å². The summed E-state index contributed by atoms with van der Waals surface area (Å²) in [6, 6.07) is 0. The van der Waals surface area contributed by atoms with Crippen molar-refractivity contribution >= 4 is 0 Å². The van der Waals surface area contributed by atoms with E-state index in [2.05, 4.69) is 20.8 Å². The molecule has 0 bridgehead atoms. The van der Waals surface area contributed by atoms with E-state index in [1.807, 2.05) is 0 Å². The molecule has 0 amide bonds. The second-order valence-electron chi connectivity index (χ2n) is 4.56. The third-order valence-electron chi connectivity index (χ3n) is 3.72. The maximum Gasteiger partial charge on any atom is 0.0545 e. The molecule has 0 aromatic rings. The van der Waals surface area contributed by atoms with Crippen LogP contribution in [0.15, 0.2) is 0 Å². The molecule has 72 valence electrons. The maximum absolute atomic E-state index is 9.50. The van der Waals surface area contributed by atoms with Crippen LogP contribution in [-0.4, -0.2) is 11.2 Å². The van der Waals surface area contributed by atoms with Crippen molar-refractivity contribution < 1.29 is 5.11 Å². The molecule has 1 N–H and O–H groups in total. The highest BCUT2D eigenvalue weighted by atomic mass is 16.3. The Balaban J connectivity index is 2.58. The van der Waals surface area contributed by atoms with E-state index in [9.17, 15) is 5.11 Å². The Morgan fingerprint density at radius 2 is 2.00 bits per heavy atom. The predicted molar refractivity (Wildman–Crippen MR) is 52.0 cm³/mol. The van der Waals surface area contributed by atoms with Crippen LogP contribution in [0.1, 0.15) is 52.9 Å². The van der Waals surface area contributed by atoms with Crippen molar-refractivity contribution in [3.05, 3.63) is 0 Å². The number of rotatable bonds is 3. The van der Waals surface area contributed by atoms with Gasteiger partial charge in [0.05, 0.1) is 6.10 Å². The van der Waals surface area contributed by atoms with Gasteiger partial charge in [0.15, 0.2) is 0 Å². The molecule has 2 atom stereocenters. The highest BCUT2D eigenvalue weighted by Crippen LogP contribution is 2.46. The van der Waals surface area contributed by atoms with Crippen molar-refractivity contribution in [2.75, 3.05) is 0 Å². The van der Waals surface area contributed by atoms with Crippen LogP contribution in [0.5, 0.6) is 0 Å². The summed E-state index contributed by atoms with van der Waals surface area (Å²) in [7, 11) is 0. The normalized spacial score (nSPS) is 36.2. The second-order valence-corrected chi connectivity index (χ2v) is 4.56. The van der Waals surface area contributed by atoms with Gasteiger partial charge in [-0.25, -0.2) is 0 Å². The third-order valence-corrected chi connectivity index (χ3v) is 3.72. The Morgan fingerprint density at radius 3 is 2.33 bits per heavy atom. The Morgan fingerprint density at radius 1 is 1.42 bits per heavy atom. The van der Waals surface area contributed by atoms with E-state index < -0.39 is 0 Å². The van der Waals surface area contributed by atoms with Gasteiger partial charge < -0.3 is 5.11 Å².